The van der Waals surface area contributed by atoms with Gasteiger partial charge in [0.25, 0.3) is 0 Å². The highest BCUT2D eigenvalue weighted by Crippen LogP contribution is 2.35. The molecule has 0 bridgehead atoms. The standard InChI is InChI=1S/C19H22BrN/c1-2-3-4-14-5-9-17(10-6-14)21-19-12-7-15-13-16(20)8-11-18(15)19/h5-6,8-11,13,19,21H,2-4,7,12H2,1H3. The Morgan fingerprint density at radius 1 is 1.14 bits per heavy atom. The van der Waals surface area contributed by atoms with Crippen LogP contribution >= 0.6 is 15.9 Å². The molecule has 1 unspecified atom stereocenters. The molecule has 2 aromatic rings. The zero-order chi connectivity index (χ0) is 14.7. The molecule has 1 nitrogen and oxygen atoms in total. The quantitative estimate of drug-likeness (QED) is 0.713. The molecule has 1 atom stereocenters. The van der Waals surface area contributed by atoms with Crippen molar-refractivity contribution in [1.82, 2.24) is 0 Å². The highest BCUT2D eigenvalue weighted by Gasteiger charge is 2.22. The number of anilines is 1. The molecule has 0 aliphatic heterocycles. The molecule has 1 aliphatic carbocycles. The number of hydrogen-bond acceptors (Lipinski definition) is 1. The lowest BCUT2D eigenvalue weighted by atomic mass is 10.1. The van der Waals surface area contributed by atoms with Crippen LogP contribution in [0, 0.1) is 0 Å². The van der Waals surface area contributed by atoms with Crippen LogP contribution in [0.2, 0.25) is 0 Å². The number of fused-ring (bicyclic) bond motifs is 1. The first-order chi connectivity index (χ1) is 10.3. The summed E-state index contributed by atoms with van der Waals surface area (Å²) in [6, 6.07) is 16.1. The fourth-order valence-corrected chi connectivity index (χ4v) is 3.49. The van der Waals surface area contributed by atoms with Crippen LogP contribution in [0.3, 0.4) is 0 Å². The Bertz CT molecular complexity index is 603. The molecule has 0 heterocycles. The van der Waals surface area contributed by atoms with Crippen molar-refractivity contribution in [2.24, 2.45) is 0 Å². The van der Waals surface area contributed by atoms with E-state index in [0.717, 1.165) is 0 Å². The Kier molecular flexibility index (Phi) is 4.64. The maximum absolute atomic E-state index is 3.68. The fourth-order valence-electron chi connectivity index (χ4n) is 3.09. The number of halogens is 1. The Balaban J connectivity index is 1.68. The number of hydrogen-bond donors (Lipinski definition) is 1. The van der Waals surface area contributed by atoms with E-state index >= 15 is 0 Å². The number of nitrogens with one attached hydrogen (secondary N) is 1. The van der Waals surface area contributed by atoms with Gasteiger partial charge in [0.05, 0.1) is 6.04 Å². The molecule has 1 N–H and O–H groups in total. The maximum atomic E-state index is 3.68. The zero-order valence-corrected chi connectivity index (χ0v) is 14.1. The number of benzene rings is 2. The molecule has 0 amide bonds. The van der Waals surface area contributed by atoms with Crippen molar-refractivity contribution < 1.29 is 0 Å². The molecule has 0 saturated carbocycles. The van der Waals surface area contributed by atoms with Crippen LogP contribution in [-0.2, 0) is 12.8 Å². The van der Waals surface area contributed by atoms with Crippen molar-refractivity contribution in [3.05, 3.63) is 63.6 Å². The van der Waals surface area contributed by atoms with E-state index in [9.17, 15) is 0 Å². The van der Waals surface area contributed by atoms with Crippen molar-refractivity contribution in [2.45, 2.75) is 45.1 Å². The monoisotopic (exact) mass is 343 g/mol. The highest BCUT2D eigenvalue weighted by molar-refractivity contribution is 9.10. The van der Waals surface area contributed by atoms with Crippen molar-refractivity contribution in [2.75, 3.05) is 5.32 Å². The minimum Gasteiger partial charge on any atom is -0.378 e. The largest absolute Gasteiger partial charge is 0.378 e. The van der Waals surface area contributed by atoms with Gasteiger partial charge in [0.2, 0.25) is 0 Å². The van der Waals surface area contributed by atoms with Gasteiger partial charge in [0, 0.05) is 10.2 Å². The predicted molar refractivity (Wildman–Crippen MR) is 93.9 cm³/mol. The van der Waals surface area contributed by atoms with Gasteiger partial charge in [-0.05, 0) is 66.6 Å². The Morgan fingerprint density at radius 3 is 2.71 bits per heavy atom. The van der Waals surface area contributed by atoms with E-state index in [4.69, 9.17) is 0 Å². The lowest BCUT2D eigenvalue weighted by Gasteiger charge is -2.16. The lowest BCUT2D eigenvalue weighted by Crippen LogP contribution is -2.06. The van der Waals surface area contributed by atoms with Crippen LogP contribution in [0.5, 0.6) is 0 Å². The summed E-state index contributed by atoms with van der Waals surface area (Å²) in [4.78, 5) is 0. The van der Waals surface area contributed by atoms with Gasteiger partial charge in [-0.1, -0.05) is 47.5 Å². The average Bonchev–Trinajstić information content (AvgIpc) is 2.88. The van der Waals surface area contributed by atoms with Crippen molar-refractivity contribution in [3.63, 3.8) is 0 Å². The molecule has 0 spiro atoms. The smallest absolute Gasteiger partial charge is 0.0519 e. The molecule has 0 saturated heterocycles. The minimum atomic E-state index is 0.453. The van der Waals surface area contributed by atoms with E-state index in [-0.39, 0.29) is 0 Å². The first kappa shape index (κ1) is 14.6. The number of aryl methyl sites for hydroxylation is 2. The van der Waals surface area contributed by atoms with E-state index in [1.807, 2.05) is 0 Å². The number of rotatable bonds is 5. The second-order valence-corrected chi connectivity index (χ2v) is 6.79. The van der Waals surface area contributed by atoms with Gasteiger partial charge in [-0.2, -0.15) is 0 Å². The molecule has 110 valence electrons. The normalized spacial score (nSPS) is 16.8. The van der Waals surface area contributed by atoms with Crippen LogP contribution < -0.4 is 5.32 Å². The number of unbranched alkanes of at least 4 members (excludes halogenated alkanes) is 1. The molecule has 2 heteroatoms. The first-order valence-corrected chi connectivity index (χ1v) is 8.69. The van der Waals surface area contributed by atoms with E-state index in [1.54, 1.807) is 0 Å². The van der Waals surface area contributed by atoms with Crippen LogP contribution in [-0.4, -0.2) is 0 Å². The summed E-state index contributed by atoms with van der Waals surface area (Å²) < 4.78 is 1.18. The predicted octanol–water partition coefficient (Wildman–Crippen LogP) is 5.89. The third kappa shape index (κ3) is 3.49. The van der Waals surface area contributed by atoms with Gasteiger partial charge in [0.1, 0.15) is 0 Å². The maximum Gasteiger partial charge on any atom is 0.0519 e. The summed E-state index contributed by atoms with van der Waals surface area (Å²) in [5.74, 6) is 0. The summed E-state index contributed by atoms with van der Waals surface area (Å²) in [7, 11) is 0. The first-order valence-electron chi connectivity index (χ1n) is 7.90. The third-order valence-electron chi connectivity index (χ3n) is 4.30. The van der Waals surface area contributed by atoms with Gasteiger partial charge in [-0.3, -0.25) is 0 Å². The van der Waals surface area contributed by atoms with Crippen molar-refractivity contribution >= 4 is 21.6 Å². The zero-order valence-electron chi connectivity index (χ0n) is 12.5. The average molecular weight is 344 g/mol. The molecule has 2 aromatic carbocycles. The fraction of sp³-hybridized carbons (Fsp3) is 0.368. The van der Waals surface area contributed by atoms with Gasteiger partial charge in [0.15, 0.2) is 0 Å². The van der Waals surface area contributed by atoms with Crippen LogP contribution in [0.15, 0.2) is 46.9 Å². The van der Waals surface area contributed by atoms with Crippen molar-refractivity contribution in [3.8, 4) is 0 Å². The van der Waals surface area contributed by atoms with E-state index < -0.39 is 0 Å². The third-order valence-corrected chi connectivity index (χ3v) is 4.79. The highest BCUT2D eigenvalue weighted by atomic mass is 79.9. The molecular formula is C19H22BrN. The second kappa shape index (κ2) is 6.65. The Morgan fingerprint density at radius 2 is 1.95 bits per heavy atom. The van der Waals surface area contributed by atoms with E-state index in [2.05, 4.69) is 70.6 Å². The summed E-state index contributed by atoms with van der Waals surface area (Å²) in [5, 5.41) is 3.68. The topological polar surface area (TPSA) is 12.0 Å². The summed E-state index contributed by atoms with van der Waals surface area (Å²) in [6.07, 6.45) is 6.08. The lowest BCUT2D eigenvalue weighted by molar-refractivity contribution is 0.761. The van der Waals surface area contributed by atoms with Gasteiger partial charge >= 0.3 is 0 Å². The molecule has 0 fully saturated rings. The summed E-state index contributed by atoms with van der Waals surface area (Å²) in [5.41, 5.74) is 5.60. The summed E-state index contributed by atoms with van der Waals surface area (Å²) >= 11 is 3.56. The Hall–Kier alpha value is -1.28. The van der Waals surface area contributed by atoms with Crippen LogP contribution in [0.4, 0.5) is 5.69 Å². The molecule has 1 aliphatic rings. The van der Waals surface area contributed by atoms with Gasteiger partial charge in [-0.15, -0.1) is 0 Å². The molecule has 0 aromatic heterocycles. The summed E-state index contributed by atoms with van der Waals surface area (Å²) in [6.45, 7) is 2.24. The molecule has 21 heavy (non-hydrogen) atoms. The van der Waals surface area contributed by atoms with Gasteiger partial charge in [-0.25, -0.2) is 0 Å². The second-order valence-electron chi connectivity index (χ2n) is 5.88. The van der Waals surface area contributed by atoms with Gasteiger partial charge < -0.3 is 5.32 Å². The van der Waals surface area contributed by atoms with Crippen LogP contribution in [0.1, 0.15) is 48.9 Å². The molecular weight excluding hydrogens is 322 g/mol. The van der Waals surface area contributed by atoms with E-state index in [1.165, 1.54) is 59.0 Å². The molecule has 3 rings (SSSR count). The Labute approximate surface area is 135 Å². The van der Waals surface area contributed by atoms with Crippen LogP contribution in [0.25, 0.3) is 0 Å². The minimum absolute atomic E-state index is 0.453. The SMILES string of the molecule is CCCCc1ccc(NC2CCc3cc(Br)ccc32)cc1. The van der Waals surface area contributed by atoms with Crippen molar-refractivity contribution in [1.29, 1.82) is 0 Å². The molecule has 0 radical (unpaired) electrons. The van der Waals surface area contributed by atoms with E-state index in [0.29, 0.717) is 6.04 Å².